The molecule has 0 aliphatic rings. The third kappa shape index (κ3) is 2.25. The van der Waals surface area contributed by atoms with Crippen molar-refractivity contribution in [3.8, 4) is 0 Å². The third-order valence-electron chi connectivity index (χ3n) is 2.11. The second-order valence-electron chi connectivity index (χ2n) is 3.37. The molecular weight excluding hydrogens is 224 g/mol. The minimum atomic E-state index is -0.910. The molecule has 5 heteroatoms. The molecule has 4 nitrogen and oxygen atoms in total. The van der Waals surface area contributed by atoms with E-state index >= 15 is 0 Å². The largest absolute Gasteiger partial charge is 0.477 e. The molecule has 16 heavy (non-hydrogen) atoms. The molecule has 0 spiro atoms. The van der Waals surface area contributed by atoms with E-state index in [1.165, 1.54) is 11.3 Å². The molecule has 0 unspecified atom stereocenters. The van der Waals surface area contributed by atoms with Crippen molar-refractivity contribution >= 4 is 17.3 Å². The van der Waals surface area contributed by atoms with Crippen molar-refractivity contribution in [3.05, 3.63) is 45.7 Å². The van der Waals surface area contributed by atoms with E-state index < -0.39 is 5.97 Å². The van der Waals surface area contributed by atoms with Gasteiger partial charge in [0.25, 0.3) is 0 Å². The van der Waals surface area contributed by atoms with Crippen LogP contribution in [0.4, 0.5) is 0 Å². The Balaban J connectivity index is 2.23. The van der Waals surface area contributed by atoms with Gasteiger partial charge in [-0.15, -0.1) is 11.3 Å². The Morgan fingerprint density at radius 1 is 1.56 bits per heavy atom. The number of aryl methyl sites for hydroxylation is 1. The quantitative estimate of drug-likeness (QED) is 0.883. The number of carbonyl (C=O) groups is 1. The molecule has 0 fully saturated rings. The Hall–Kier alpha value is -1.75. The second-order valence-corrected chi connectivity index (χ2v) is 4.45. The highest BCUT2D eigenvalue weighted by Gasteiger charge is 2.13. The molecule has 2 heterocycles. The normalized spacial score (nSPS) is 10.3. The van der Waals surface area contributed by atoms with Crippen molar-refractivity contribution in [2.75, 3.05) is 0 Å². The van der Waals surface area contributed by atoms with E-state index in [0.717, 1.165) is 10.6 Å². The molecule has 0 atom stereocenters. The molecule has 0 aromatic carbocycles. The number of rotatable bonds is 3. The van der Waals surface area contributed by atoms with Crippen LogP contribution in [0.1, 0.15) is 25.9 Å². The lowest BCUT2D eigenvalue weighted by molar-refractivity contribution is 0.0701. The van der Waals surface area contributed by atoms with Gasteiger partial charge in [-0.05, 0) is 18.6 Å². The second kappa shape index (κ2) is 4.40. The lowest BCUT2D eigenvalue weighted by Crippen LogP contribution is -1.94. The molecule has 0 saturated heterocycles. The summed E-state index contributed by atoms with van der Waals surface area (Å²) >= 11 is 1.22. The van der Waals surface area contributed by atoms with Crippen LogP contribution in [0.5, 0.6) is 0 Å². The number of nitrogens with zero attached hydrogens (tertiary/aromatic N) is 2. The highest BCUT2D eigenvalue weighted by atomic mass is 32.1. The molecule has 0 saturated carbocycles. The molecule has 0 aliphatic carbocycles. The zero-order valence-corrected chi connectivity index (χ0v) is 9.49. The molecule has 0 bridgehead atoms. The summed E-state index contributed by atoms with van der Waals surface area (Å²) < 4.78 is 0. The summed E-state index contributed by atoms with van der Waals surface area (Å²) in [4.78, 5) is 19.4. The van der Waals surface area contributed by atoms with Gasteiger partial charge in [0, 0.05) is 18.8 Å². The molecule has 1 N–H and O–H groups in total. The molecule has 2 aromatic rings. The predicted molar refractivity (Wildman–Crippen MR) is 60.9 cm³/mol. The molecule has 0 amide bonds. The lowest BCUT2D eigenvalue weighted by Gasteiger charge is -1.94. The number of hydrogen-bond acceptors (Lipinski definition) is 4. The van der Waals surface area contributed by atoms with E-state index in [1.807, 2.05) is 12.1 Å². The topological polar surface area (TPSA) is 63.1 Å². The van der Waals surface area contributed by atoms with Crippen LogP contribution < -0.4 is 0 Å². The zero-order valence-electron chi connectivity index (χ0n) is 8.67. The summed E-state index contributed by atoms with van der Waals surface area (Å²) in [7, 11) is 0. The SMILES string of the molecule is Cc1nc(Cc2cccnc2)sc1C(=O)O. The number of thiazole rings is 1. The summed E-state index contributed by atoms with van der Waals surface area (Å²) in [5.74, 6) is -0.910. The van der Waals surface area contributed by atoms with Gasteiger partial charge in [-0.3, -0.25) is 4.98 Å². The van der Waals surface area contributed by atoms with Crippen LogP contribution in [-0.2, 0) is 6.42 Å². The van der Waals surface area contributed by atoms with E-state index in [-0.39, 0.29) is 0 Å². The Kier molecular flexibility index (Phi) is 2.96. The first-order valence-corrected chi connectivity index (χ1v) is 5.57. The average Bonchev–Trinajstić information content (AvgIpc) is 2.61. The Labute approximate surface area is 96.6 Å². The smallest absolute Gasteiger partial charge is 0.347 e. The zero-order chi connectivity index (χ0) is 11.5. The third-order valence-corrected chi connectivity index (χ3v) is 3.26. The number of carboxylic acid groups (broad SMARTS) is 1. The molecule has 0 radical (unpaired) electrons. The van der Waals surface area contributed by atoms with Crippen LogP contribution in [-0.4, -0.2) is 21.0 Å². The summed E-state index contributed by atoms with van der Waals surface area (Å²) in [6, 6.07) is 3.80. The number of pyridine rings is 1. The maximum absolute atomic E-state index is 10.8. The van der Waals surface area contributed by atoms with Crippen LogP contribution in [0.2, 0.25) is 0 Å². The van der Waals surface area contributed by atoms with Crippen molar-refractivity contribution in [2.24, 2.45) is 0 Å². The van der Waals surface area contributed by atoms with Crippen LogP contribution in [0.15, 0.2) is 24.5 Å². The molecule has 2 aromatic heterocycles. The summed E-state index contributed by atoms with van der Waals surface area (Å²) in [6.07, 6.45) is 4.10. The van der Waals surface area contributed by atoms with E-state index in [9.17, 15) is 4.79 Å². The fourth-order valence-electron chi connectivity index (χ4n) is 1.40. The van der Waals surface area contributed by atoms with Gasteiger partial charge in [-0.2, -0.15) is 0 Å². The van der Waals surface area contributed by atoms with Crippen molar-refractivity contribution < 1.29 is 9.90 Å². The lowest BCUT2D eigenvalue weighted by atomic mass is 10.2. The molecule has 0 aliphatic heterocycles. The van der Waals surface area contributed by atoms with Crippen molar-refractivity contribution in [1.82, 2.24) is 9.97 Å². The summed E-state index contributed by atoms with van der Waals surface area (Å²) in [6.45, 7) is 1.71. The van der Waals surface area contributed by atoms with E-state index in [0.29, 0.717) is 17.0 Å². The fraction of sp³-hybridized carbons (Fsp3) is 0.182. The average molecular weight is 234 g/mol. The maximum atomic E-state index is 10.8. The minimum Gasteiger partial charge on any atom is -0.477 e. The van der Waals surface area contributed by atoms with Gasteiger partial charge >= 0.3 is 5.97 Å². The Morgan fingerprint density at radius 2 is 2.38 bits per heavy atom. The first kappa shape index (κ1) is 10.8. The molecular formula is C11H10N2O2S. The highest BCUT2D eigenvalue weighted by molar-refractivity contribution is 7.13. The van der Waals surface area contributed by atoms with Gasteiger partial charge in [0.15, 0.2) is 0 Å². The monoisotopic (exact) mass is 234 g/mol. The van der Waals surface area contributed by atoms with Gasteiger partial charge < -0.3 is 5.11 Å². The van der Waals surface area contributed by atoms with Crippen LogP contribution >= 0.6 is 11.3 Å². The number of hydrogen-bond donors (Lipinski definition) is 1. The molecule has 82 valence electrons. The summed E-state index contributed by atoms with van der Waals surface area (Å²) in [5, 5.41) is 9.71. The summed E-state index contributed by atoms with van der Waals surface area (Å²) in [5.41, 5.74) is 1.62. The Bertz CT molecular complexity index is 508. The molecule has 2 rings (SSSR count). The van der Waals surface area contributed by atoms with E-state index in [2.05, 4.69) is 9.97 Å². The van der Waals surface area contributed by atoms with Gasteiger partial charge in [0.1, 0.15) is 4.88 Å². The van der Waals surface area contributed by atoms with Crippen molar-refractivity contribution in [1.29, 1.82) is 0 Å². The first-order chi connectivity index (χ1) is 7.66. The first-order valence-electron chi connectivity index (χ1n) is 4.75. The minimum absolute atomic E-state index is 0.318. The maximum Gasteiger partial charge on any atom is 0.347 e. The van der Waals surface area contributed by atoms with Crippen molar-refractivity contribution in [3.63, 3.8) is 0 Å². The van der Waals surface area contributed by atoms with Gasteiger partial charge in [-0.1, -0.05) is 6.07 Å². The Morgan fingerprint density at radius 3 is 2.94 bits per heavy atom. The standard InChI is InChI=1S/C11H10N2O2S/c1-7-10(11(14)15)16-9(13-7)5-8-3-2-4-12-6-8/h2-4,6H,5H2,1H3,(H,14,15). The van der Waals surface area contributed by atoms with Crippen molar-refractivity contribution in [2.45, 2.75) is 13.3 Å². The van der Waals surface area contributed by atoms with E-state index in [1.54, 1.807) is 19.3 Å². The van der Waals surface area contributed by atoms with E-state index in [4.69, 9.17) is 5.11 Å². The number of carboxylic acids is 1. The number of aromatic nitrogens is 2. The van der Waals surface area contributed by atoms with Gasteiger partial charge in [0.05, 0.1) is 10.7 Å². The highest BCUT2D eigenvalue weighted by Crippen LogP contribution is 2.20. The van der Waals surface area contributed by atoms with Crippen LogP contribution in [0, 0.1) is 6.92 Å². The fourth-order valence-corrected chi connectivity index (χ4v) is 2.34. The predicted octanol–water partition coefficient (Wildman–Crippen LogP) is 2.14. The van der Waals surface area contributed by atoms with Gasteiger partial charge in [-0.25, -0.2) is 9.78 Å². The van der Waals surface area contributed by atoms with Gasteiger partial charge in [0.2, 0.25) is 0 Å². The van der Waals surface area contributed by atoms with Crippen LogP contribution in [0.25, 0.3) is 0 Å². The van der Waals surface area contributed by atoms with Crippen LogP contribution in [0.3, 0.4) is 0 Å². The number of aromatic carboxylic acids is 1.